The van der Waals surface area contributed by atoms with Crippen molar-refractivity contribution in [1.29, 1.82) is 0 Å². The first-order valence-corrected chi connectivity index (χ1v) is 8.09. The first-order valence-electron chi connectivity index (χ1n) is 8.09. The lowest BCUT2D eigenvalue weighted by atomic mass is 10.1. The topological polar surface area (TPSA) is 30.0 Å². The number of likely N-dealkylation sites (tertiary alicyclic amines) is 1. The lowest BCUT2D eigenvalue weighted by molar-refractivity contribution is 0.121. The second kappa shape index (κ2) is 9.70. The summed E-state index contributed by atoms with van der Waals surface area (Å²) in [6, 6.07) is 0. The molecule has 0 radical (unpaired) electrons. The van der Waals surface area contributed by atoms with Crippen LogP contribution in [0.1, 0.15) is 27.2 Å². The third kappa shape index (κ3) is 5.78. The Bertz CT molecular complexity index is 217. The predicted molar refractivity (Wildman–Crippen MR) is 81.5 cm³/mol. The molecule has 0 aliphatic carbocycles. The van der Waals surface area contributed by atoms with Crippen molar-refractivity contribution in [2.75, 3.05) is 65.5 Å². The molecule has 19 heavy (non-hydrogen) atoms. The summed E-state index contributed by atoms with van der Waals surface area (Å²) in [4.78, 5) is 7.55. The molecule has 0 saturated carbocycles. The Hall–Kier alpha value is -0.160. The van der Waals surface area contributed by atoms with Crippen molar-refractivity contribution in [2.24, 2.45) is 5.92 Å². The van der Waals surface area contributed by atoms with Gasteiger partial charge in [0.25, 0.3) is 0 Å². The fourth-order valence-corrected chi connectivity index (χ4v) is 3.06. The highest BCUT2D eigenvalue weighted by Gasteiger charge is 2.25. The number of β-amino-alcohol motifs (C(OH)–C–C–N with tert-alkyl or cyclic N) is 1. The number of rotatable bonds is 5. The monoisotopic (exact) mass is 271 g/mol. The van der Waals surface area contributed by atoms with Crippen LogP contribution in [0.3, 0.4) is 0 Å². The van der Waals surface area contributed by atoms with E-state index in [1.807, 2.05) is 13.8 Å². The molecule has 1 N–H and O–H groups in total. The van der Waals surface area contributed by atoms with Crippen LogP contribution in [0.25, 0.3) is 0 Å². The number of aliphatic hydroxyl groups excluding tert-OH is 1. The Balaban J connectivity index is 0.000000861. The molecule has 1 atom stereocenters. The van der Waals surface area contributed by atoms with Gasteiger partial charge in [0, 0.05) is 45.8 Å². The Labute approximate surface area is 119 Å². The Kier molecular flexibility index (Phi) is 8.62. The van der Waals surface area contributed by atoms with Gasteiger partial charge >= 0.3 is 0 Å². The summed E-state index contributed by atoms with van der Waals surface area (Å²) in [6.45, 7) is 17.2. The van der Waals surface area contributed by atoms with Crippen LogP contribution >= 0.6 is 0 Å². The summed E-state index contributed by atoms with van der Waals surface area (Å²) in [7, 11) is 0. The van der Waals surface area contributed by atoms with Gasteiger partial charge in [-0.25, -0.2) is 0 Å². The van der Waals surface area contributed by atoms with Gasteiger partial charge in [0.05, 0.1) is 6.61 Å². The minimum absolute atomic E-state index is 0.307. The summed E-state index contributed by atoms with van der Waals surface area (Å²) >= 11 is 0. The Morgan fingerprint density at radius 1 is 0.947 bits per heavy atom. The van der Waals surface area contributed by atoms with Crippen molar-refractivity contribution in [1.82, 2.24) is 14.7 Å². The Morgan fingerprint density at radius 3 is 2.16 bits per heavy atom. The molecule has 0 amide bonds. The van der Waals surface area contributed by atoms with Crippen LogP contribution in [0.2, 0.25) is 0 Å². The molecular formula is C15H33N3O. The van der Waals surface area contributed by atoms with E-state index >= 15 is 0 Å². The van der Waals surface area contributed by atoms with Crippen molar-refractivity contribution >= 4 is 0 Å². The molecule has 2 aliphatic rings. The van der Waals surface area contributed by atoms with E-state index in [9.17, 15) is 0 Å². The van der Waals surface area contributed by atoms with Gasteiger partial charge in [-0.3, -0.25) is 0 Å². The fourth-order valence-electron chi connectivity index (χ4n) is 3.06. The molecule has 2 aliphatic heterocycles. The van der Waals surface area contributed by atoms with E-state index in [2.05, 4.69) is 21.6 Å². The van der Waals surface area contributed by atoms with Gasteiger partial charge < -0.3 is 19.8 Å². The van der Waals surface area contributed by atoms with Crippen LogP contribution in [-0.4, -0.2) is 85.3 Å². The molecular weight excluding hydrogens is 238 g/mol. The van der Waals surface area contributed by atoms with Crippen molar-refractivity contribution in [2.45, 2.75) is 27.2 Å². The molecule has 0 aromatic carbocycles. The quantitative estimate of drug-likeness (QED) is 0.807. The van der Waals surface area contributed by atoms with Gasteiger partial charge in [-0.1, -0.05) is 20.8 Å². The maximum absolute atomic E-state index is 8.93. The highest BCUT2D eigenvalue weighted by molar-refractivity contribution is 4.80. The first kappa shape index (κ1) is 16.9. The van der Waals surface area contributed by atoms with E-state index in [0.717, 1.165) is 12.5 Å². The van der Waals surface area contributed by atoms with Gasteiger partial charge in [0.2, 0.25) is 0 Å². The average molecular weight is 271 g/mol. The van der Waals surface area contributed by atoms with E-state index in [1.54, 1.807) is 0 Å². The molecule has 0 spiro atoms. The van der Waals surface area contributed by atoms with Crippen LogP contribution in [0.4, 0.5) is 0 Å². The van der Waals surface area contributed by atoms with Crippen LogP contribution in [-0.2, 0) is 0 Å². The molecule has 114 valence electrons. The third-order valence-corrected chi connectivity index (χ3v) is 4.21. The molecule has 0 aromatic heterocycles. The molecule has 2 rings (SSSR count). The minimum atomic E-state index is 0.307. The maximum atomic E-state index is 8.93. The van der Waals surface area contributed by atoms with Gasteiger partial charge in [0.1, 0.15) is 0 Å². The smallest absolute Gasteiger partial charge is 0.0558 e. The lowest BCUT2D eigenvalue weighted by Gasteiger charge is -2.35. The zero-order valence-electron chi connectivity index (χ0n) is 13.1. The standard InChI is InChI=1S/C13H27N3O.C2H6/c1-2-14-5-7-16(8-6-14)12-13-3-4-15(11-13)9-10-17;1-2/h13,17H,2-12H2,1H3;1-2H3/t13-;/m1./s1. The summed E-state index contributed by atoms with van der Waals surface area (Å²) in [6.07, 6.45) is 1.31. The van der Waals surface area contributed by atoms with Gasteiger partial charge in [0.15, 0.2) is 0 Å². The lowest BCUT2D eigenvalue weighted by Crippen LogP contribution is -2.47. The molecule has 4 heteroatoms. The number of hydrogen-bond donors (Lipinski definition) is 1. The zero-order valence-corrected chi connectivity index (χ0v) is 13.1. The second-order valence-corrected chi connectivity index (χ2v) is 5.41. The molecule has 2 heterocycles. The molecule has 0 unspecified atom stereocenters. The number of hydrogen-bond acceptors (Lipinski definition) is 4. The molecule has 4 nitrogen and oxygen atoms in total. The second-order valence-electron chi connectivity index (χ2n) is 5.41. The highest BCUT2D eigenvalue weighted by atomic mass is 16.3. The predicted octanol–water partition coefficient (Wildman–Crippen LogP) is 0.964. The van der Waals surface area contributed by atoms with E-state index in [4.69, 9.17) is 5.11 Å². The van der Waals surface area contributed by atoms with E-state index in [-0.39, 0.29) is 0 Å². The molecule has 0 bridgehead atoms. The molecule has 2 fully saturated rings. The minimum Gasteiger partial charge on any atom is -0.395 e. The summed E-state index contributed by atoms with van der Waals surface area (Å²) < 4.78 is 0. The number of nitrogens with zero attached hydrogens (tertiary/aromatic N) is 3. The summed E-state index contributed by atoms with van der Waals surface area (Å²) in [5.41, 5.74) is 0. The van der Waals surface area contributed by atoms with Crippen LogP contribution in [0.15, 0.2) is 0 Å². The summed E-state index contributed by atoms with van der Waals surface area (Å²) in [5.74, 6) is 0.828. The first-order chi connectivity index (χ1) is 9.31. The SMILES string of the molecule is CC.CCN1CCN(C[C@@H]2CCN(CCO)C2)CC1. The largest absolute Gasteiger partial charge is 0.395 e. The third-order valence-electron chi connectivity index (χ3n) is 4.21. The number of aliphatic hydroxyl groups is 1. The van der Waals surface area contributed by atoms with Crippen LogP contribution in [0, 0.1) is 5.92 Å². The fraction of sp³-hybridized carbons (Fsp3) is 1.00. The van der Waals surface area contributed by atoms with Gasteiger partial charge in [-0.15, -0.1) is 0 Å². The van der Waals surface area contributed by atoms with Crippen molar-refractivity contribution < 1.29 is 5.11 Å². The molecule has 2 saturated heterocycles. The molecule has 0 aromatic rings. The van der Waals surface area contributed by atoms with Crippen molar-refractivity contribution in [3.05, 3.63) is 0 Å². The van der Waals surface area contributed by atoms with Crippen molar-refractivity contribution in [3.8, 4) is 0 Å². The van der Waals surface area contributed by atoms with Crippen LogP contribution in [0.5, 0.6) is 0 Å². The average Bonchev–Trinajstić information content (AvgIpc) is 2.90. The zero-order chi connectivity index (χ0) is 14.1. The number of piperazine rings is 1. The van der Waals surface area contributed by atoms with E-state index in [1.165, 1.54) is 58.8 Å². The summed E-state index contributed by atoms with van der Waals surface area (Å²) in [5, 5.41) is 8.93. The van der Waals surface area contributed by atoms with Gasteiger partial charge in [-0.05, 0) is 25.4 Å². The number of likely N-dealkylation sites (N-methyl/N-ethyl adjacent to an activating group) is 1. The Morgan fingerprint density at radius 2 is 1.58 bits per heavy atom. The van der Waals surface area contributed by atoms with E-state index in [0.29, 0.717) is 6.61 Å². The van der Waals surface area contributed by atoms with Crippen molar-refractivity contribution in [3.63, 3.8) is 0 Å². The van der Waals surface area contributed by atoms with Crippen LogP contribution < -0.4 is 0 Å². The normalized spacial score (nSPS) is 26.2. The van der Waals surface area contributed by atoms with E-state index < -0.39 is 0 Å². The highest BCUT2D eigenvalue weighted by Crippen LogP contribution is 2.17. The van der Waals surface area contributed by atoms with Gasteiger partial charge in [-0.2, -0.15) is 0 Å². The maximum Gasteiger partial charge on any atom is 0.0558 e.